The summed E-state index contributed by atoms with van der Waals surface area (Å²) in [6.45, 7) is 1.24. The molecule has 0 saturated carbocycles. The molecule has 1 aromatic carbocycles. The molecule has 2 heterocycles. The maximum absolute atomic E-state index is 5.65. The summed E-state index contributed by atoms with van der Waals surface area (Å²) in [7, 11) is 1.98. The van der Waals surface area contributed by atoms with Gasteiger partial charge in [-0.3, -0.25) is 4.98 Å². The van der Waals surface area contributed by atoms with Crippen LogP contribution in [0, 0.1) is 0 Å². The van der Waals surface area contributed by atoms with E-state index in [2.05, 4.69) is 22.4 Å². The molecule has 0 spiro atoms. The van der Waals surface area contributed by atoms with E-state index in [-0.39, 0.29) is 6.04 Å². The van der Waals surface area contributed by atoms with Crippen LogP contribution >= 0.6 is 11.8 Å². The van der Waals surface area contributed by atoms with Gasteiger partial charge in [-0.25, -0.2) is 0 Å². The Kier molecular flexibility index (Phi) is 4.62. The molecule has 5 heteroatoms. The number of fused-ring (bicyclic) bond motifs is 1. The number of thioether (sulfide) groups is 1. The van der Waals surface area contributed by atoms with Gasteiger partial charge in [-0.2, -0.15) is 0 Å². The quantitative estimate of drug-likeness (QED) is 0.860. The van der Waals surface area contributed by atoms with Gasteiger partial charge in [0.1, 0.15) is 13.2 Å². The smallest absolute Gasteiger partial charge is 0.161 e. The summed E-state index contributed by atoms with van der Waals surface area (Å²) in [4.78, 5) is 5.26. The van der Waals surface area contributed by atoms with Crippen molar-refractivity contribution >= 4 is 11.8 Å². The van der Waals surface area contributed by atoms with Crippen molar-refractivity contribution in [2.75, 3.05) is 26.0 Å². The van der Waals surface area contributed by atoms with Crippen LogP contribution in [0.15, 0.2) is 47.6 Å². The second-order valence-corrected chi connectivity index (χ2v) is 5.83. The Labute approximate surface area is 128 Å². The molecule has 0 amide bonds. The summed E-state index contributed by atoms with van der Waals surface area (Å²) < 4.78 is 11.2. The van der Waals surface area contributed by atoms with Gasteiger partial charge in [0.05, 0.1) is 0 Å². The second-order valence-electron chi connectivity index (χ2n) is 4.74. The van der Waals surface area contributed by atoms with E-state index in [1.165, 1.54) is 10.5 Å². The number of hydrogen-bond donors (Lipinski definition) is 1. The Morgan fingerprint density at radius 2 is 1.90 bits per heavy atom. The second kappa shape index (κ2) is 6.83. The van der Waals surface area contributed by atoms with Gasteiger partial charge in [-0.05, 0) is 36.9 Å². The lowest BCUT2D eigenvalue weighted by Crippen LogP contribution is -2.20. The van der Waals surface area contributed by atoms with E-state index in [4.69, 9.17) is 9.47 Å². The molecule has 2 aromatic rings. The molecule has 21 heavy (non-hydrogen) atoms. The molecule has 0 fully saturated rings. The van der Waals surface area contributed by atoms with Crippen LogP contribution in [0.25, 0.3) is 0 Å². The summed E-state index contributed by atoms with van der Waals surface area (Å²) >= 11 is 1.81. The fourth-order valence-corrected chi connectivity index (χ4v) is 3.27. The van der Waals surface area contributed by atoms with Crippen molar-refractivity contribution < 1.29 is 9.47 Å². The molecule has 0 aliphatic carbocycles. The van der Waals surface area contributed by atoms with Gasteiger partial charge < -0.3 is 14.8 Å². The van der Waals surface area contributed by atoms with Gasteiger partial charge in [0.15, 0.2) is 11.5 Å². The van der Waals surface area contributed by atoms with Crippen molar-refractivity contribution in [1.82, 2.24) is 10.3 Å². The molecule has 1 aromatic heterocycles. The van der Waals surface area contributed by atoms with Gasteiger partial charge in [-0.15, -0.1) is 11.8 Å². The average Bonchev–Trinajstić information content (AvgIpc) is 2.56. The standard InChI is InChI=1S/C16H18N2O2S/c1-17-14(11-21-13-4-6-18-7-5-13)12-2-3-15-16(10-12)20-9-8-19-15/h2-7,10,14,17H,8-9,11H2,1H3. The number of rotatable bonds is 5. The van der Waals surface area contributed by atoms with E-state index in [1.54, 1.807) is 0 Å². The van der Waals surface area contributed by atoms with Gasteiger partial charge in [0.2, 0.25) is 0 Å². The molecule has 4 nitrogen and oxygen atoms in total. The van der Waals surface area contributed by atoms with Crippen LogP contribution in [0.1, 0.15) is 11.6 Å². The number of benzene rings is 1. The van der Waals surface area contributed by atoms with Crippen molar-refractivity contribution in [3.05, 3.63) is 48.3 Å². The summed E-state index contributed by atoms with van der Waals surface area (Å²) in [5, 5.41) is 3.36. The van der Waals surface area contributed by atoms with E-state index >= 15 is 0 Å². The third-order valence-corrected chi connectivity index (χ3v) is 4.49. The van der Waals surface area contributed by atoms with E-state index in [0.717, 1.165) is 17.3 Å². The Balaban J connectivity index is 1.71. The monoisotopic (exact) mass is 302 g/mol. The molecule has 1 aliphatic heterocycles. The molecule has 1 N–H and O–H groups in total. The normalized spacial score (nSPS) is 14.7. The highest BCUT2D eigenvalue weighted by molar-refractivity contribution is 7.99. The van der Waals surface area contributed by atoms with E-state index in [9.17, 15) is 0 Å². The van der Waals surface area contributed by atoms with E-state index < -0.39 is 0 Å². The minimum Gasteiger partial charge on any atom is -0.486 e. The lowest BCUT2D eigenvalue weighted by Gasteiger charge is -2.22. The maximum Gasteiger partial charge on any atom is 0.161 e. The molecule has 0 radical (unpaired) electrons. The minimum atomic E-state index is 0.263. The highest BCUT2D eigenvalue weighted by Gasteiger charge is 2.16. The molecule has 0 bridgehead atoms. The van der Waals surface area contributed by atoms with Crippen LogP contribution in [-0.4, -0.2) is 31.0 Å². The maximum atomic E-state index is 5.65. The third kappa shape index (κ3) is 3.49. The first-order valence-corrected chi connectivity index (χ1v) is 7.95. The number of nitrogens with one attached hydrogen (secondary N) is 1. The zero-order chi connectivity index (χ0) is 14.5. The van der Waals surface area contributed by atoms with Crippen LogP contribution in [0.2, 0.25) is 0 Å². The molecule has 1 unspecified atom stereocenters. The lowest BCUT2D eigenvalue weighted by atomic mass is 10.1. The highest BCUT2D eigenvalue weighted by atomic mass is 32.2. The fraction of sp³-hybridized carbons (Fsp3) is 0.312. The number of ether oxygens (including phenoxy) is 2. The molecular formula is C16H18N2O2S. The first-order chi connectivity index (χ1) is 10.4. The fourth-order valence-electron chi connectivity index (χ4n) is 2.24. The Bertz CT molecular complexity index is 592. The number of nitrogens with zero attached hydrogens (tertiary/aromatic N) is 1. The lowest BCUT2D eigenvalue weighted by molar-refractivity contribution is 0.171. The molecule has 1 aliphatic rings. The predicted octanol–water partition coefficient (Wildman–Crippen LogP) is 2.91. The molecule has 0 saturated heterocycles. The van der Waals surface area contributed by atoms with Crippen molar-refractivity contribution in [1.29, 1.82) is 0 Å². The first kappa shape index (κ1) is 14.2. The first-order valence-electron chi connectivity index (χ1n) is 6.96. The Hall–Kier alpha value is -1.72. The predicted molar refractivity (Wildman–Crippen MR) is 84.2 cm³/mol. The number of pyridine rings is 1. The van der Waals surface area contributed by atoms with Gasteiger partial charge in [0, 0.05) is 29.1 Å². The summed E-state index contributed by atoms with van der Waals surface area (Å²) in [5.74, 6) is 2.62. The van der Waals surface area contributed by atoms with Crippen LogP contribution in [0.5, 0.6) is 11.5 Å². The van der Waals surface area contributed by atoms with Crippen molar-refractivity contribution in [2.24, 2.45) is 0 Å². The highest BCUT2D eigenvalue weighted by Crippen LogP contribution is 2.34. The van der Waals surface area contributed by atoms with Gasteiger partial charge in [0.25, 0.3) is 0 Å². The van der Waals surface area contributed by atoms with Crippen molar-refractivity contribution in [3.8, 4) is 11.5 Å². The van der Waals surface area contributed by atoms with Gasteiger partial charge >= 0.3 is 0 Å². The minimum absolute atomic E-state index is 0.263. The Morgan fingerprint density at radius 1 is 1.14 bits per heavy atom. The molecule has 110 valence electrons. The van der Waals surface area contributed by atoms with Crippen LogP contribution < -0.4 is 14.8 Å². The zero-order valence-corrected chi connectivity index (χ0v) is 12.7. The summed E-state index contributed by atoms with van der Waals surface area (Å²) in [6, 6.07) is 10.5. The summed E-state index contributed by atoms with van der Waals surface area (Å²) in [6.07, 6.45) is 3.64. The number of aromatic nitrogens is 1. The average molecular weight is 302 g/mol. The SMILES string of the molecule is CNC(CSc1ccncc1)c1ccc2c(c1)OCCO2. The van der Waals surface area contributed by atoms with Crippen LogP contribution in [-0.2, 0) is 0 Å². The van der Waals surface area contributed by atoms with Crippen molar-refractivity contribution in [2.45, 2.75) is 10.9 Å². The Morgan fingerprint density at radius 3 is 2.67 bits per heavy atom. The van der Waals surface area contributed by atoms with Crippen molar-refractivity contribution in [3.63, 3.8) is 0 Å². The van der Waals surface area contributed by atoms with Crippen LogP contribution in [0.3, 0.4) is 0 Å². The molecular weight excluding hydrogens is 284 g/mol. The topological polar surface area (TPSA) is 43.4 Å². The van der Waals surface area contributed by atoms with E-state index in [0.29, 0.717) is 13.2 Å². The number of hydrogen-bond acceptors (Lipinski definition) is 5. The molecule has 1 atom stereocenters. The van der Waals surface area contributed by atoms with Crippen LogP contribution in [0.4, 0.5) is 0 Å². The summed E-state index contributed by atoms with van der Waals surface area (Å²) in [5.41, 5.74) is 1.21. The zero-order valence-electron chi connectivity index (χ0n) is 11.9. The third-order valence-electron chi connectivity index (χ3n) is 3.38. The largest absolute Gasteiger partial charge is 0.486 e. The van der Waals surface area contributed by atoms with Gasteiger partial charge in [-0.1, -0.05) is 6.07 Å². The van der Waals surface area contributed by atoms with E-state index in [1.807, 2.05) is 49.4 Å². The molecule has 3 rings (SSSR count).